The Bertz CT molecular complexity index is 573. The molecule has 9 nitrogen and oxygen atoms in total. The Balaban J connectivity index is 0.000000238. The van der Waals surface area contributed by atoms with Gasteiger partial charge in [0.15, 0.2) is 0 Å². The molecule has 0 bridgehead atoms. The molecule has 2 atom stereocenters. The van der Waals surface area contributed by atoms with Gasteiger partial charge in [0.25, 0.3) is 5.69 Å². The van der Waals surface area contributed by atoms with Gasteiger partial charge in [-0.15, -0.1) is 0 Å². The van der Waals surface area contributed by atoms with Crippen LogP contribution in [-0.2, 0) is 9.59 Å². The first-order chi connectivity index (χ1) is 10.7. The zero-order valence-electron chi connectivity index (χ0n) is 12.7. The summed E-state index contributed by atoms with van der Waals surface area (Å²) in [6, 6.07) is 4.46. The molecule has 2 rings (SSSR count). The highest BCUT2D eigenvalue weighted by Gasteiger charge is 2.34. The maximum Gasteiger partial charge on any atom is 0.326 e. The van der Waals surface area contributed by atoms with Gasteiger partial charge in [-0.05, 0) is 31.9 Å². The number of hydrogen-bond acceptors (Lipinski definition) is 6. The van der Waals surface area contributed by atoms with Gasteiger partial charge in [0.2, 0.25) is 5.91 Å². The van der Waals surface area contributed by atoms with Gasteiger partial charge in [-0.3, -0.25) is 14.9 Å². The van der Waals surface area contributed by atoms with E-state index in [9.17, 15) is 19.7 Å². The molecule has 1 aliphatic rings. The molecule has 126 valence electrons. The molecule has 0 unspecified atom stereocenters. The van der Waals surface area contributed by atoms with Crippen molar-refractivity contribution in [2.75, 3.05) is 12.3 Å². The average Bonchev–Trinajstić information content (AvgIpc) is 2.97. The molecule has 0 spiro atoms. The summed E-state index contributed by atoms with van der Waals surface area (Å²) >= 11 is 0. The van der Waals surface area contributed by atoms with E-state index in [2.05, 4.69) is 0 Å². The number of hydrogen-bond donors (Lipinski definition) is 3. The van der Waals surface area contributed by atoms with Crippen molar-refractivity contribution in [3.63, 3.8) is 0 Å². The summed E-state index contributed by atoms with van der Waals surface area (Å²) in [4.78, 5) is 33.1. The molecular formula is C14H20N4O5. The molecule has 0 radical (unpaired) electrons. The Kier molecular flexibility index (Phi) is 6.46. The molecular weight excluding hydrogens is 304 g/mol. The van der Waals surface area contributed by atoms with Gasteiger partial charge in [0, 0.05) is 24.4 Å². The van der Waals surface area contributed by atoms with Crippen molar-refractivity contribution in [2.24, 2.45) is 5.73 Å². The van der Waals surface area contributed by atoms with Gasteiger partial charge < -0.3 is 21.5 Å². The number of rotatable bonds is 3. The van der Waals surface area contributed by atoms with E-state index in [0.717, 1.165) is 6.42 Å². The minimum atomic E-state index is -0.938. The molecule has 0 aromatic heterocycles. The van der Waals surface area contributed by atoms with Crippen LogP contribution < -0.4 is 11.5 Å². The summed E-state index contributed by atoms with van der Waals surface area (Å²) in [7, 11) is 0. The highest BCUT2D eigenvalue weighted by molar-refractivity contribution is 5.87. The van der Waals surface area contributed by atoms with Crippen LogP contribution >= 0.6 is 0 Å². The first-order valence-corrected chi connectivity index (χ1v) is 7.02. The van der Waals surface area contributed by atoms with E-state index >= 15 is 0 Å². The number of carboxylic acid groups (broad SMARTS) is 1. The van der Waals surface area contributed by atoms with E-state index in [1.807, 2.05) is 0 Å². The van der Waals surface area contributed by atoms with Crippen molar-refractivity contribution in [3.05, 3.63) is 34.4 Å². The normalized spacial score (nSPS) is 17.8. The molecule has 1 saturated heterocycles. The predicted molar refractivity (Wildman–Crippen MR) is 83.5 cm³/mol. The number of aliphatic carboxylic acids is 1. The smallest absolute Gasteiger partial charge is 0.326 e. The van der Waals surface area contributed by atoms with Crippen LogP contribution in [0.25, 0.3) is 0 Å². The number of benzene rings is 1. The number of nitro benzene ring substituents is 1. The Labute approximate surface area is 133 Å². The van der Waals surface area contributed by atoms with Gasteiger partial charge in [-0.2, -0.15) is 0 Å². The van der Waals surface area contributed by atoms with Crippen LogP contribution in [0.4, 0.5) is 11.4 Å². The zero-order chi connectivity index (χ0) is 17.6. The predicted octanol–water partition coefficient (Wildman–Crippen LogP) is 0.586. The first kappa shape index (κ1) is 18.4. The molecule has 1 heterocycles. The van der Waals surface area contributed by atoms with Crippen molar-refractivity contribution >= 4 is 23.3 Å². The van der Waals surface area contributed by atoms with E-state index in [4.69, 9.17) is 16.6 Å². The van der Waals surface area contributed by atoms with Crippen LogP contribution in [0, 0.1) is 10.1 Å². The average molecular weight is 324 g/mol. The van der Waals surface area contributed by atoms with Gasteiger partial charge in [0.1, 0.15) is 6.04 Å². The third kappa shape index (κ3) is 5.22. The van der Waals surface area contributed by atoms with Crippen molar-refractivity contribution in [1.29, 1.82) is 0 Å². The molecule has 1 fully saturated rings. The molecule has 1 aliphatic heterocycles. The highest BCUT2D eigenvalue weighted by Crippen LogP contribution is 2.17. The number of anilines is 1. The van der Waals surface area contributed by atoms with E-state index in [1.165, 1.54) is 29.2 Å². The summed E-state index contributed by atoms with van der Waals surface area (Å²) in [5.41, 5.74) is 11.3. The lowest BCUT2D eigenvalue weighted by Crippen LogP contribution is -2.47. The number of carbonyl (C=O) groups is 2. The van der Waals surface area contributed by atoms with Gasteiger partial charge >= 0.3 is 5.97 Å². The summed E-state index contributed by atoms with van der Waals surface area (Å²) in [6.45, 7) is 2.08. The fourth-order valence-corrected chi connectivity index (χ4v) is 2.14. The minimum absolute atomic E-state index is 0.0641. The van der Waals surface area contributed by atoms with E-state index < -0.39 is 23.0 Å². The molecule has 23 heavy (non-hydrogen) atoms. The number of likely N-dealkylation sites (tertiary alicyclic amines) is 1. The largest absolute Gasteiger partial charge is 0.480 e. The monoisotopic (exact) mass is 324 g/mol. The first-order valence-electron chi connectivity index (χ1n) is 7.02. The van der Waals surface area contributed by atoms with Crippen LogP contribution in [0.15, 0.2) is 24.3 Å². The van der Waals surface area contributed by atoms with Crippen molar-refractivity contribution in [1.82, 2.24) is 4.90 Å². The minimum Gasteiger partial charge on any atom is -0.480 e. The molecule has 5 N–H and O–H groups in total. The van der Waals surface area contributed by atoms with Crippen LogP contribution in [0.2, 0.25) is 0 Å². The number of nitro groups is 1. The fourth-order valence-electron chi connectivity index (χ4n) is 2.14. The van der Waals surface area contributed by atoms with Crippen LogP contribution in [0.1, 0.15) is 19.8 Å². The number of carbonyl (C=O) groups excluding carboxylic acids is 1. The second-order valence-electron chi connectivity index (χ2n) is 5.17. The summed E-state index contributed by atoms with van der Waals surface area (Å²) < 4.78 is 0. The summed E-state index contributed by atoms with van der Waals surface area (Å²) in [5.74, 6) is -1.21. The van der Waals surface area contributed by atoms with Crippen LogP contribution in [0.5, 0.6) is 0 Å². The Hall–Kier alpha value is -2.68. The van der Waals surface area contributed by atoms with Crippen molar-refractivity contribution in [3.8, 4) is 0 Å². The molecule has 1 aromatic carbocycles. The number of amides is 1. The lowest BCUT2D eigenvalue weighted by atomic mass is 10.2. The Morgan fingerprint density at radius 1 is 1.39 bits per heavy atom. The molecule has 1 amide bonds. The summed E-state index contributed by atoms with van der Waals surface area (Å²) in [5, 5.41) is 18.9. The third-order valence-electron chi connectivity index (χ3n) is 3.31. The number of nitrogens with zero attached hydrogens (tertiary/aromatic N) is 2. The van der Waals surface area contributed by atoms with E-state index in [0.29, 0.717) is 18.7 Å². The number of carboxylic acids is 1. The highest BCUT2D eigenvalue weighted by atomic mass is 16.6. The lowest BCUT2D eigenvalue weighted by Gasteiger charge is -2.22. The van der Waals surface area contributed by atoms with E-state index in [-0.39, 0.29) is 11.6 Å². The Morgan fingerprint density at radius 2 is 1.96 bits per heavy atom. The van der Waals surface area contributed by atoms with Gasteiger partial charge in [0.05, 0.1) is 11.0 Å². The second-order valence-corrected chi connectivity index (χ2v) is 5.17. The number of nitrogens with two attached hydrogens (primary N) is 2. The van der Waals surface area contributed by atoms with Crippen molar-refractivity contribution < 1.29 is 19.6 Å². The van der Waals surface area contributed by atoms with Gasteiger partial charge in [-0.1, -0.05) is 0 Å². The molecule has 0 aliphatic carbocycles. The quantitative estimate of drug-likeness (QED) is 0.417. The molecule has 1 aromatic rings. The zero-order valence-corrected chi connectivity index (χ0v) is 12.7. The van der Waals surface area contributed by atoms with Crippen molar-refractivity contribution in [2.45, 2.75) is 31.8 Å². The summed E-state index contributed by atoms with van der Waals surface area (Å²) in [6.07, 6.45) is 1.28. The fraction of sp³-hybridized carbons (Fsp3) is 0.429. The topological polar surface area (TPSA) is 153 Å². The lowest BCUT2D eigenvalue weighted by molar-refractivity contribution is -0.384. The number of nitrogen functional groups attached to an aromatic ring is 1. The molecule has 0 saturated carbocycles. The number of non-ortho nitro benzene ring substituents is 1. The van der Waals surface area contributed by atoms with E-state index in [1.54, 1.807) is 6.92 Å². The van der Waals surface area contributed by atoms with Crippen LogP contribution in [0.3, 0.4) is 0 Å². The standard InChI is InChI=1S/C8H14N2O3.C6H6N2O2/c1-5(9)7(11)10-4-2-3-6(10)8(12)13;7-5-1-3-6(4-2-5)8(9)10/h5-6H,2-4,9H2,1H3,(H,12,13);1-4H,7H2/t5-,6-;/m0./s1. The van der Waals surface area contributed by atoms with Crippen LogP contribution in [-0.4, -0.2) is 45.4 Å². The SMILES string of the molecule is C[C@H](N)C(=O)N1CCC[C@H]1C(=O)O.Nc1ccc([N+](=O)[O-])cc1. The third-order valence-corrected chi connectivity index (χ3v) is 3.31. The maximum atomic E-state index is 11.4. The second kappa shape index (κ2) is 8.08. The van der Waals surface area contributed by atoms with Gasteiger partial charge in [-0.25, -0.2) is 4.79 Å². The molecule has 9 heteroatoms. The Morgan fingerprint density at radius 3 is 2.39 bits per heavy atom. The maximum absolute atomic E-state index is 11.4.